The van der Waals surface area contributed by atoms with E-state index in [1.54, 1.807) is 5.57 Å². The van der Waals surface area contributed by atoms with Crippen molar-refractivity contribution in [2.45, 2.75) is 98.8 Å². The van der Waals surface area contributed by atoms with Crippen molar-refractivity contribution in [3.8, 4) is 0 Å². The van der Waals surface area contributed by atoms with Gasteiger partial charge < -0.3 is 0 Å². The molecule has 2 unspecified atom stereocenters. The molecule has 0 aromatic heterocycles. The quantitative estimate of drug-likeness (QED) is 0.383. The molecule has 0 spiro atoms. The summed E-state index contributed by atoms with van der Waals surface area (Å²) in [6.07, 6.45) is 21.0. The SMILES string of the molecule is CC/C=C(\CCC)C(C)(C=CCC(C)C1CCCCC1)CC. The van der Waals surface area contributed by atoms with Gasteiger partial charge in [-0.15, -0.1) is 0 Å². The smallest absolute Gasteiger partial charge is 0.00598 e. The minimum absolute atomic E-state index is 0.276. The lowest BCUT2D eigenvalue weighted by Crippen LogP contribution is -2.17. The van der Waals surface area contributed by atoms with Gasteiger partial charge in [-0.25, -0.2) is 0 Å². The second-order valence-electron chi connectivity index (χ2n) is 7.67. The first-order valence-electron chi connectivity index (χ1n) is 9.94. The van der Waals surface area contributed by atoms with E-state index in [1.165, 1.54) is 57.8 Å². The summed E-state index contributed by atoms with van der Waals surface area (Å²) in [5, 5.41) is 0. The normalized spacial score (nSPS) is 22.0. The molecule has 0 saturated heterocycles. The summed E-state index contributed by atoms with van der Waals surface area (Å²) >= 11 is 0. The lowest BCUT2D eigenvalue weighted by Gasteiger charge is -2.30. The van der Waals surface area contributed by atoms with Gasteiger partial charge in [0, 0.05) is 5.41 Å². The van der Waals surface area contributed by atoms with E-state index in [-0.39, 0.29) is 5.41 Å². The lowest BCUT2D eigenvalue weighted by molar-refractivity contribution is 0.264. The van der Waals surface area contributed by atoms with Gasteiger partial charge in [0.1, 0.15) is 0 Å². The molecule has 1 aliphatic carbocycles. The van der Waals surface area contributed by atoms with E-state index >= 15 is 0 Å². The number of allylic oxidation sites excluding steroid dienone is 4. The van der Waals surface area contributed by atoms with Crippen LogP contribution in [0.25, 0.3) is 0 Å². The van der Waals surface area contributed by atoms with Crippen molar-refractivity contribution in [2.24, 2.45) is 17.3 Å². The highest BCUT2D eigenvalue weighted by molar-refractivity contribution is 5.21. The average molecular weight is 305 g/mol. The standard InChI is InChI=1S/C22H40/c1-6-13-21(14-7-2)22(5,8-3)18-12-15-19(4)20-16-10-9-11-17-20/h12-13,18-20H,6-11,14-17H2,1-5H3/b18-12?,21-13+. The lowest BCUT2D eigenvalue weighted by atomic mass is 9.75. The summed E-state index contributed by atoms with van der Waals surface area (Å²) in [4.78, 5) is 0. The molecular weight excluding hydrogens is 264 g/mol. The molecule has 1 fully saturated rings. The van der Waals surface area contributed by atoms with E-state index in [1.807, 2.05) is 0 Å². The van der Waals surface area contributed by atoms with Crippen LogP contribution in [0.4, 0.5) is 0 Å². The molecule has 1 saturated carbocycles. The van der Waals surface area contributed by atoms with Crippen LogP contribution in [0.5, 0.6) is 0 Å². The van der Waals surface area contributed by atoms with Gasteiger partial charge in [0.15, 0.2) is 0 Å². The van der Waals surface area contributed by atoms with E-state index in [9.17, 15) is 0 Å². The fourth-order valence-electron chi connectivity index (χ4n) is 4.03. The minimum Gasteiger partial charge on any atom is -0.0874 e. The van der Waals surface area contributed by atoms with Crippen molar-refractivity contribution < 1.29 is 0 Å². The molecule has 0 radical (unpaired) electrons. The van der Waals surface area contributed by atoms with Gasteiger partial charge in [-0.3, -0.25) is 0 Å². The summed E-state index contributed by atoms with van der Waals surface area (Å²) in [6, 6.07) is 0. The first kappa shape index (κ1) is 19.5. The Balaban J connectivity index is 2.64. The molecule has 128 valence electrons. The molecule has 0 amide bonds. The van der Waals surface area contributed by atoms with Gasteiger partial charge in [-0.2, -0.15) is 0 Å². The summed E-state index contributed by atoms with van der Waals surface area (Å²) < 4.78 is 0. The van der Waals surface area contributed by atoms with E-state index in [0.717, 1.165) is 18.3 Å². The fraction of sp³-hybridized carbons (Fsp3) is 0.818. The maximum Gasteiger partial charge on any atom is 0.00598 e. The van der Waals surface area contributed by atoms with Crippen LogP contribution in [0.3, 0.4) is 0 Å². The maximum absolute atomic E-state index is 2.53. The van der Waals surface area contributed by atoms with Crippen molar-refractivity contribution in [1.29, 1.82) is 0 Å². The third-order valence-electron chi connectivity index (χ3n) is 5.89. The van der Waals surface area contributed by atoms with Crippen LogP contribution >= 0.6 is 0 Å². The summed E-state index contributed by atoms with van der Waals surface area (Å²) in [7, 11) is 0. The summed E-state index contributed by atoms with van der Waals surface area (Å²) in [5.41, 5.74) is 1.93. The Kier molecular flexibility index (Phi) is 9.13. The van der Waals surface area contributed by atoms with Crippen LogP contribution in [0, 0.1) is 17.3 Å². The van der Waals surface area contributed by atoms with Crippen LogP contribution in [0.15, 0.2) is 23.8 Å². The molecule has 0 N–H and O–H groups in total. The van der Waals surface area contributed by atoms with Crippen LogP contribution in [0.1, 0.15) is 98.8 Å². The molecular formula is C22H40. The molecule has 0 aliphatic heterocycles. The molecule has 1 aliphatic rings. The van der Waals surface area contributed by atoms with Gasteiger partial charge in [0.05, 0.1) is 0 Å². The first-order valence-corrected chi connectivity index (χ1v) is 9.94. The number of hydrogen-bond donors (Lipinski definition) is 0. The van der Waals surface area contributed by atoms with Crippen LogP contribution in [0.2, 0.25) is 0 Å². The fourth-order valence-corrected chi connectivity index (χ4v) is 4.03. The average Bonchev–Trinajstić information content (AvgIpc) is 2.55. The molecule has 22 heavy (non-hydrogen) atoms. The molecule has 2 atom stereocenters. The van der Waals surface area contributed by atoms with E-state index in [2.05, 4.69) is 52.8 Å². The Morgan fingerprint density at radius 3 is 2.36 bits per heavy atom. The Hall–Kier alpha value is -0.520. The number of rotatable bonds is 9. The highest BCUT2D eigenvalue weighted by atomic mass is 14.3. The summed E-state index contributed by atoms with van der Waals surface area (Å²) in [5.74, 6) is 1.84. The second-order valence-corrected chi connectivity index (χ2v) is 7.67. The Bertz CT molecular complexity index is 343. The van der Waals surface area contributed by atoms with E-state index < -0.39 is 0 Å². The highest BCUT2D eigenvalue weighted by Crippen LogP contribution is 2.37. The zero-order valence-electron chi connectivity index (χ0n) is 16.0. The van der Waals surface area contributed by atoms with Gasteiger partial charge in [-0.1, -0.05) is 96.9 Å². The van der Waals surface area contributed by atoms with Crippen molar-refractivity contribution in [3.05, 3.63) is 23.8 Å². The van der Waals surface area contributed by atoms with E-state index in [4.69, 9.17) is 0 Å². The van der Waals surface area contributed by atoms with Crippen molar-refractivity contribution in [1.82, 2.24) is 0 Å². The molecule has 0 nitrogen and oxygen atoms in total. The second kappa shape index (κ2) is 10.3. The third kappa shape index (κ3) is 5.94. The molecule has 1 rings (SSSR count). The van der Waals surface area contributed by atoms with Gasteiger partial charge in [-0.05, 0) is 37.5 Å². The zero-order valence-corrected chi connectivity index (χ0v) is 16.0. The molecule has 0 bridgehead atoms. The van der Waals surface area contributed by atoms with Crippen molar-refractivity contribution in [3.63, 3.8) is 0 Å². The van der Waals surface area contributed by atoms with Gasteiger partial charge in [0.2, 0.25) is 0 Å². The van der Waals surface area contributed by atoms with Crippen LogP contribution in [-0.4, -0.2) is 0 Å². The predicted molar refractivity (Wildman–Crippen MR) is 101 cm³/mol. The summed E-state index contributed by atoms with van der Waals surface area (Å²) in [6.45, 7) is 11.8. The van der Waals surface area contributed by atoms with Crippen LogP contribution in [-0.2, 0) is 0 Å². The Morgan fingerprint density at radius 1 is 1.14 bits per heavy atom. The highest BCUT2D eigenvalue weighted by Gasteiger charge is 2.23. The largest absolute Gasteiger partial charge is 0.0874 e. The van der Waals surface area contributed by atoms with Gasteiger partial charge in [0.25, 0.3) is 0 Å². The molecule has 0 heteroatoms. The monoisotopic (exact) mass is 304 g/mol. The topological polar surface area (TPSA) is 0 Å². The third-order valence-corrected chi connectivity index (χ3v) is 5.89. The molecule has 0 aromatic carbocycles. The maximum atomic E-state index is 2.53. The Morgan fingerprint density at radius 2 is 1.82 bits per heavy atom. The van der Waals surface area contributed by atoms with Gasteiger partial charge >= 0.3 is 0 Å². The van der Waals surface area contributed by atoms with Crippen molar-refractivity contribution >= 4 is 0 Å². The minimum atomic E-state index is 0.276. The molecule has 0 aromatic rings. The zero-order chi connectivity index (χ0) is 16.4. The molecule has 0 heterocycles. The van der Waals surface area contributed by atoms with Crippen LogP contribution < -0.4 is 0 Å². The Labute approximate surface area is 140 Å². The predicted octanol–water partition coefficient (Wildman–Crippen LogP) is 7.70. The van der Waals surface area contributed by atoms with Crippen molar-refractivity contribution in [2.75, 3.05) is 0 Å². The first-order chi connectivity index (χ1) is 10.6. The van der Waals surface area contributed by atoms with E-state index in [0.29, 0.717) is 0 Å². The number of hydrogen-bond acceptors (Lipinski definition) is 0.